The smallest absolute Gasteiger partial charge is 0.173 e. The lowest BCUT2D eigenvalue weighted by Crippen LogP contribution is -2.43. The molecule has 3 heterocycles. The minimum Gasteiger partial charge on any atom is -0.394 e. The highest BCUT2D eigenvalue weighted by Crippen LogP contribution is 2.37. The molecular formula is C20H25N5O4. The van der Waals surface area contributed by atoms with E-state index < -0.39 is 30.6 Å². The van der Waals surface area contributed by atoms with Crippen LogP contribution in [0.1, 0.15) is 19.4 Å². The van der Waals surface area contributed by atoms with Crippen LogP contribution in [0.5, 0.6) is 0 Å². The summed E-state index contributed by atoms with van der Waals surface area (Å²) in [7, 11) is 0. The Bertz CT molecular complexity index is 981. The number of aliphatic hydroxyl groups excluding tert-OH is 3. The van der Waals surface area contributed by atoms with Crippen LogP contribution in [0.3, 0.4) is 0 Å². The van der Waals surface area contributed by atoms with E-state index in [-0.39, 0.29) is 6.04 Å². The molecule has 0 spiro atoms. The van der Waals surface area contributed by atoms with Gasteiger partial charge < -0.3 is 25.4 Å². The van der Waals surface area contributed by atoms with Gasteiger partial charge in [0.25, 0.3) is 0 Å². The Hall–Kier alpha value is -2.59. The van der Waals surface area contributed by atoms with Gasteiger partial charge in [-0.15, -0.1) is 0 Å². The SMILES string of the molecule is C[C@@H](Cc1ccccc1)Nc1ncnc2c1ncn2[C@]1(C)O[C@H](CO)[C@@H](O)[C@H]1O. The van der Waals surface area contributed by atoms with E-state index in [1.54, 1.807) is 11.5 Å². The molecule has 3 aromatic rings. The number of imidazole rings is 1. The zero-order valence-corrected chi connectivity index (χ0v) is 16.3. The van der Waals surface area contributed by atoms with Crippen molar-refractivity contribution in [2.45, 2.75) is 50.3 Å². The third kappa shape index (κ3) is 3.46. The molecular weight excluding hydrogens is 374 g/mol. The summed E-state index contributed by atoms with van der Waals surface area (Å²) in [6.45, 7) is 3.29. The molecule has 1 aliphatic rings. The number of aromatic nitrogens is 4. The van der Waals surface area contributed by atoms with Gasteiger partial charge in [-0.05, 0) is 25.8 Å². The number of aliphatic hydroxyl groups is 3. The number of benzene rings is 1. The van der Waals surface area contributed by atoms with Crippen molar-refractivity contribution >= 4 is 17.0 Å². The Balaban J connectivity index is 1.62. The van der Waals surface area contributed by atoms with E-state index in [9.17, 15) is 15.3 Å². The topological polar surface area (TPSA) is 126 Å². The van der Waals surface area contributed by atoms with Gasteiger partial charge in [-0.2, -0.15) is 0 Å². The molecule has 0 saturated carbocycles. The van der Waals surface area contributed by atoms with Gasteiger partial charge in [-0.3, -0.25) is 4.57 Å². The molecule has 9 heteroatoms. The van der Waals surface area contributed by atoms with Crippen molar-refractivity contribution in [1.82, 2.24) is 19.5 Å². The van der Waals surface area contributed by atoms with Crippen molar-refractivity contribution in [2.75, 3.05) is 11.9 Å². The Morgan fingerprint density at radius 2 is 1.97 bits per heavy atom. The van der Waals surface area contributed by atoms with Crippen LogP contribution in [-0.4, -0.2) is 65.8 Å². The first-order chi connectivity index (χ1) is 13.9. The van der Waals surface area contributed by atoms with Crippen molar-refractivity contribution in [3.05, 3.63) is 48.5 Å². The average Bonchev–Trinajstić information content (AvgIpc) is 3.25. The molecule has 0 radical (unpaired) electrons. The molecule has 4 rings (SSSR count). The predicted octanol–water partition coefficient (Wildman–Crippen LogP) is 0.655. The van der Waals surface area contributed by atoms with Crippen LogP contribution in [0, 0.1) is 0 Å². The van der Waals surface area contributed by atoms with E-state index in [1.807, 2.05) is 18.2 Å². The molecule has 2 aromatic heterocycles. The van der Waals surface area contributed by atoms with Crippen molar-refractivity contribution in [1.29, 1.82) is 0 Å². The molecule has 9 nitrogen and oxygen atoms in total. The maximum absolute atomic E-state index is 10.5. The average molecular weight is 399 g/mol. The predicted molar refractivity (Wildman–Crippen MR) is 106 cm³/mol. The van der Waals surface area contributed by atoms with Crippen molar-refractivity contribution < 1.29 is 20.1 Å². The maximum atomic E-state index is 10.5. The minimum atomic E-state index is -1.32. The van der Waals surface area contributed by atoms with Crippen molar-refractivity contribution in [3.8, 4) is 0 Å². The van der Waals surface area contributed by atoms with Gasteiger partial charge in [0.1, 0.15) is 24.6 Å². The Kier molecular flexibility index (Phi) is 5.22. The minimum absolute atomic E-state index is 0.102. The number of hydrogen-bond donors (Lipinski definition) is 4. The summed E-state index contributed by atoms with van der Waals surface area (Å²) >= 11 is 0. The number of ether oxygens (including phenoxy) is 1. The normalized spacial score (nSPS) is 28.0. The summed E-state index contributed by atoms with van der Waals surface area (Å²) in [6, 6.07) is 10.3. The maximum Gasteiger partial charge on any atom is 0.173 e. The first-order valence-corrected chi connectivity index (χ1v) is 9.58. The fourth-order valence-electron chi connectivity index (χ4n) is 3.83. The summed E-state index contributed by atoms with van der Waals surface area (Å²) < 4.78 is 7.34. The fourth-order valence-corrected chi connectivity index (χ4v) is 3.83. The Morgan fingerprint density at radius 3 is 2.66 bits per heavy atom. The highest BCUT2D eigenvalue weighted by atomic mass is 16.6. The number of anilines is 1. The number of rotatable bonds is 6. The van der Waals surface area contributed by atoms with Gasteiger partial charge in [0.15, 0.2) is 22.7 Å². The van der Waals surface area contributed by atoms with Crippen molar-refractivity contribution in [3.63, 3.8) is 0 Å². The van der Waals surface area contributed by atoms with E-state index in [0.717, 1.165) is 6.42 Å². The van der Waals surface area contributed by atoms with E-state index in [4.69, 9.17) is 4.74 Å². The van der Waals surface area contributed by atoms with Crippen LogP contribution < -0.4 is 5.32 Å². The molecule has 0 bridgehead atoms. The zero-order valence-electron chi connectivity index (χ0n) is 16.3. The fraction of sp³-hybridized carbons (Fsp3) is 0.450. The van der Waals surface area contributed by atoms with Crippen LogP contribution in [0.4, 0.5) is 5.82 Å². The van der Waals surface area contributed by atoms with Gasteiger partial charge in [0.05, 0.1) is 12.9 Å². The van der Waals surface area contributed by atoms with Gasteiger partial charge in [0.2, 0.25) is 0 Å². The summed E-state index contributed by atoms with van der Waals surface area (Å²) in [4.78, 5) is 13.1. The first kappa shape index (κ1) is 19.7. The van der Waals surface area contributed by atoms with Gasteiger partial charge in [0, 0.05) is 6.04 Å². The summed E-state index contributed by atoms with van der Waals surface area (Å²) in [6.07, 6.45) is 0.382. The summed E-state index contributed by atoms with van der Waals surface area (Å²) in [5.74, 6) is 0.576. The van der Waals surface area contributed by atoms with Gasteiger partial charge in [-0.25, -0.2) is 15.0 Å². The Labute approximate surface area is 168 Å². The lowest BCUT2D eigenvalue weighted by Gasteiger charge is -2.29. The molecule has 154 valence electrons. The third-order valence-corrected chi connectivity index (χ3v) is 5.40. The van der Waals surface area contributed by atoms with Crippen LogP contribution >= 0.6 is 0 Å². The molecule has 1 saturated heterocycles. The standard InChI is InChI=1S/C20H25N5O4/c1-12(8-13-6-4-3-5-7-13)24-18-15-19(22-10-21-18)25(11-23-15)20(2)17(28)16(27)14(9-26)29-20/h3-7,10-12,14,16-17,26-28H,8-9H2,1-2H3,(H,21,22,24)/t12-,14+,16+,17+,20+/m0/s1. The van der Waals surface area contributed by atoms with Crippen LogP contribution in [0.15, 0.2) is 43.0 Å². The Morgan fingerprint density at radius 1 is 1.21 bits per heavy atom. The summed E-state index contributed by atoms with van der Waals surface area (Å²) in [5.41, 5.74) is 0.888. The van der Waals surface area contributed by atoms with Gasteiger partial charge in [-0.1, -0.05) is 30.3 Å². The monoisotopic (exact) mass is 399 g/mol. The molecule has 5 atom stereocenters. The van der Waals surface area contributed by atoms with Crippen molar-refractivity contribution in [2.24, 2.45) is 0 Å². The lowest BCUT2D eigenvalue weighted by atomic mass is 10.0. The molecule has 1 fully saturated rings. The molecule has 29 heavy (non-hydrogen) atoms. The second-order valence-electron chi connectivity index (χ2n) is 7.57. The molecule has 1 aliphatic heterocycles. The number of fused-ring (bicyclic) bond motifs is 1. The zero-order chi connectivity index (χ0) is 20.6. The summed E-state index contributed by atoms with van der Waals surface area (Å²) in [5, 5.41) is 33.5. The molecule has 0 aliphatic carbocycles. The largest absolute Gasteiger partial charge is 0.394 e. The second kappa shape index (κ2) is 7.68. The molecule has 4 N–H and O–H groups in total. The number of nitrogens with one attached hydrogen (secondary N) is 1. The van der Waals surface area contributed by atoms with Gasteiger partial charge >= 0.3 is 0 Å². The molecule has 0 unspecified atom stereocenters. The van der Waals surface area contributed by atoms with E-state index >= 15 is 0 Å². The number of nitrogens with zero attached hydrogens (tertiary/aromatic N) is 4. The third-order valence-electron chi connectivity index (χ3n) is 5.40. The quantitative estimate of drug-likeness (QED) is 0.476. The van der Waals surface area contributed by atoms with Crippen LogP contribution in [0.25, 0.3) is 11.2 Å². The highest BCUT2D eigenvalue weighted by Gasteiger charge is 2.52. The van der Waals surface area contributed by atoms with E-state index in [2.05, 4.69) is 39.3 Å². The lowest BCUT2D eigenvalue weighted by molar-refractivity contribution is -0.132. The molecule has 1 aromatic carbocycles. The second-order valence-corrected chi connectivity index (χ2v) is 7.57. The van der Waals surface area contributed by atoms with E-state index in [0.29, 0.717) is 17.0 Å². The first-order valence-electron chi connectivity index (χ1n) is 9.58. The van der Waals surface area contributed by atoms with Crippen LogP contribution in [-0.2, 0) is 16.9 Å². The molecule has 0 amide bonds. The van der Waals surface area contributed by atoms with E-state index in [1.165, 1.54) is 18.2 Å². The number of hydrogen-bond acceptors (Lipinski definition) is 8. The highest BCUT2D eigenvalue weighted by molar-refractivity contribution is 5.83. The van der Waals surface area contributed by atoms with Crippen LogP contribution in [0.2, 0.25) is 0 Å².